The Balaban J connectivity index is 1.29. The molecule has 4 rings (SSSR count). The van der Waals surface area contributed by atoms with Crippen molar-refractivity contribution in [3.05, 3.63) is 29.3 Å². The van der Waals surface area contributed by atoms with Gasteiger partial charge in [-0.15, -0.1) is 0 Å². The Morgan fingerprint density at radius 3 is 2.55 bits per heavy atom. The average molecular weight is 457 g/mol. The van der Waals surface area contributed by atoms with Crippen molar-refractivity contribution in [2.45, 2.75) is 64.6 Å². The monoisotopic (exact) mass is 456 g/mol. The molecule has 0 radical (unpaired) electrons. The number of nitrogens with zero attached hydrogens (tertiary/aromatic N) is 2. The number of hydrogen-bond acceptors (Lipinski definition) is 6. The Hall–Kier alpha value is -3.10. The molecule has 2 fully saturated rings. The number of imide groups is 1. The van der Waals surface area contributed by atoms with Crippen LogP contribution in [0.25, 0.3) is 0 Å². The third-order valence-electron chi connectivity index (χ3n) is 6.38. The molecule has 1 aromatic carbocycles. The van der Waals surface area contributed by atoms with Gasteiger partial charge >= 0.3 is 6.09 Å². The first-order valence-electron chi connectivity index (χ1n) is 11.6. The lowest BCUT2D eigenvalue weighted by molar-refractivity contribution is -0.136. The maximum atomic E-state index is 12.8. The molecule has 0 bridgehead atoms. The van der Waals surface area contributed by atoms with Gasteiger partial charge in [0.05, 0.1) is 0 Å². The van der Waals surface area contributed by atoms with Gasteiger partial charge in [-0.1, -0.05) is 0 Å². The number of piperidine rings is 2. The first-order valence-corrected chi connectivity index (χ1v) is 11.6. The summed E-state index contributed by atoms with van der Waals surface area (Å²) in [5, 5.41) is 5.79. The molecule has 2 saturated heterocycles. The lowest BCUT2D eigenvalue weighted by Gasteiger charge is -2.33. The highest BCUT2D eigenvalue weighted by molar-refractivity contribution is 6.05. The SMILES string of the molecule is CC(C)(C)OC(=O)N1CCC(CNc2ccc3c(c2)CN(C2CCC(=O)NC2=O)C3=O)CC1. The molecule has 3 aliphatic rings. The minimum Gasteiger partial charge on any atom is -0.444 e. The minimum absolute atomic E-state index is 0.166. The van der Waals surface area contributed by atoms with Crippen molar-refractivity contribution in [3.8, 4) is 0 Å². The predicted octanol–water partition coefficient (Wildman–Crippen LogP) is 2.51. The number of ether oxygens (including phenoxy) is 1. The van der Waals surface area contributed by atoms with E-state index in [1.807, 2.05) is 32.9 Å². The number of likely N-dealkylation sites (tertiary alicyclic amines) is 1. The van der Waals surface area contributed by atoms with Crippen LogP contribution in [-0.4, -0.2) is 64.9 Å². The van der Waals surface area contributed by atoms with Crippen LogP contribution in [0.1, 0.15) is 62.4 Å². The summed E-state index contributed by atoms with van der Waals surface area (Å²) in [5.74, 6) is -0.411. The normalized spacial score (nSPS) is 21.7. The number of carbonyl (C=O) groups excluding carboxylic acids is 4. The zero-order valence-corrected chi connectivity index (χ0v) is 19.5. The topological polar surface area (TPSA) is 108 Å². The van der Waals surface area contributed by atoms with Crippen molar-refractivity contribution in [3.63, 3.8) is 0 Å². The second kappa shape index (κ2) is 9.03. The number of rotatable bonds is 4. The number of fused-ring (bicyclic) bond motifs is 1. The molecule has 9 nitrogen and oxygen atoms in total. The van der Waals surface area contributed by atoms with Gasteiger partial charge in [0.1, 0.15) is 11.6 Å². The zero-order valence-electron chi connectivity index (χ0n) is 19.5. The van der Waals surface area contributed by atoms with E-state index >= 15 is 0 Å². The zero-order chi connectivity index (χ0) is 23.8. The van der Waals surface area contributed by atoms with E-state index in [0.29, 0.717) is 37.5 Å². The van der Waals surface area contributed by atoms with Crippen LogP contribution in [0.5, 0.6) is 0 Å². The van der Waals surface area contributed by atoms with E-state index in [0.717, 1.165) is 30.6 Å². The maximum Gasteiger partial charge on any atom is 0.410 e. The van der Waals surface area contributed by atoms with E-state index in [4.69, 9.17) is 4.74 Å². The smallest absolute Gasteiger partial charge is 0.410 e. The van der Waals surface area contributed by atoms with Crippen LogP contribution in [0, 0.1) is 5.92 Å². The number of hydrogen-bond donors (Lipinski definition) is 2. The molecule has 1 aromatic rings. The summed E-state index contributed by atoms with van der Waals surface area (Å²) in [6, 6.07) is 5.06. The van der Waals surface area contributed by atoms with Gasteiger partial charge in [0.25, 0.3) is 5.91 Å². The molecule has 0 aromatic heterocycles. The molecular weight excluding hydrogens is 424 g/mol. The molecule has 1 atom stereocenters. The van der Waals surface area contributed by atoms with Crippen molar-refractivity contribution < 1.29 is 23.9 Å². The molecule has 9 heteroatoms. The highest BCUT2D eigenvalue weighted by Gasteiger charge is 2.39. The lowest BCUT2D eigenvalue weighted by atomic mass is 9.97. The summed E-state index contributed by atoms with van der Waals surface area (Å²) < 4.78 is 5.46. The number of carbonyl (C=O) groups is 4. The molecule has 2 N–H and O–H groups in total. The van der Waals surface area contributed by atoms with Gasteiger partial charge in [-0.05, 0) is 69.7 Å². The number of benzene rings is 1. The molecule has 178 valence electrons. The van der Waals surface area contributed by atoms with Crippen LogP contribution in [0.2, 0.25) is 0 Å². The Morgan fingerprint density at radius 2 is 1.88 bits per heavy atom. The Bertz CT molecular complexity index is 962. The molecule has 0 spiro atoms. The van der Waals surface area contributed by atoms with Crippen LogP contribution >= 0.6 is 0 Å². The molecule has 33 heavy (non-hydrogen) atoms. The van der Waals surface area contributed by atoms with Gasteiger partial charge in [-0.3, -0.25) is 19.7 Å². The number of amides is 4. The van der Waals surface area contributed by atoms with Gasteiger partial charge in [0, 0.05) is 43.9 Å². The first kappa shape index (κ1) is 23.1. The highest BCUT2D eigenvalue weighted by Crippen LogP contribution is 2.30. The first-order chi connectivity index (χ1) is 15.6. The van der Waals surface area contributed by atoms with Gasteiger partial charge in [0.2, 0.25) is 11.8 Å². The minimum atomic E-state index is -0.603. The van der Waals surface area contributed by atoms with Crippen molar-refractivity contribution >= 4 is 29.5 Å². The number of anilines is 1. The summed E-state index contributed by atoms with van der Waals surface area (Å²) in [6.07, 6.45) is 2.16. The van der Waals surface area contributed by atoms with Crippen molar-refractivity contribution in [1.29, 1.82) is 0 Å². The summed E-state index contributed by atoms with van der Waals surface area (Å²) in [6.45, 7) is 8.12. The van der Waals surface area contributed by atoms with E-state index in [2.05, 4.69) is 10.6 Å². The van der Waals surface area contributed by atoms with Crippen LogP contribution in [-0.2, 0) is 20.9 Å². The summed E-state index contributed by atoms with van der Waals surface area (Å²) in [7, 11) is 0. The largest absolute Gasteiger partial charge is 0.444 e. The third-order valence-corrected chi connectivity index (χ3v) is 6.38. The summed E-state index contributed by atoms with van der Waals surface area (Å²) in [5.41, 5.74) is 1.93. The molecule has 0 saturated carbocycles. The van der Waals surface area contributed by atoms with Crippen LogP contribution < -0.4 is 10.6 Å². The van der Waals surface area contributed by atoms with Crippen molar-refractivity contribution in [2.24, 2.45) is 5.92 Å². The summed E-state index contributed by atoms with van der Waals surface area (Å²) in [4.78, 5) is 52.0. The van der Waals surface area contributed by atoms with Crippen LogP contribution in [0.3, 0.4) is 0 Å². The van der Waals surface area contributed by atoms with Crippen LogP contribution in [0.15, 0.2) is 18.2 Å². The van der Waals surface area contributed by atoms with Gasteiger partial charge in [-0.25, -0.2) is 4.79 Å². The van der Waals surface area contributed by atoms with E-state index in [1.165, 1.54) is 0 Å². The fourth-order valence-corrected chi connectivity index (χ4v) is 4.59. The fourth-order valence-electron chi connectivity index (χ4n) is 4.59. The molecule has 3 aliphatic heterocycles. The molecular formula is C24H32N4O5. The Morgan fingerprint density at radius 1 is 1.15 bits per heavy atom. The molecule has 0 aliphatic carbocycles. The maximum absolute atomic E-state index is 12.8. The van der Waals surface area contributed by atoms with E-state index in [9.17, 15) is 19.2 Å². The van der Waals surface area contributed by atoms with Gasteiger partial charge < -0.3 is 19.9 Å². The third kappa shape index (κ3) is 5.29. The quantitative estimate of drug-likeness (QED) is 0.674. The second-order valence-corrected chi connectivity index (χ2v) is 10.1. The van der Waals surface area contributed by atoms with Gasteiger partial charge in [-0.2, -0.15) is 0 Å². The Kier molecular flexibility index (Phi) is 6.32. The highest BCUT2D eigenvalue weighted by atomic mass is 16.6. The van der Waals surface area contributed by atoms with Crippen LogP contribution in [0.4, 0.5) is 10.5 Å². The number of nitrogens with one attached hydrogen (secondary N) is 2. The van der Waals surface area contributed by atoms with Crippen molar-refractivity contribution in [2.75, 3.05) is 25.0 Å². The second-order valence-electron chi connectivity index (χ2n) is 10.1. The predicted molar refractivity (Wildman–Crippen MR) is 122 cm³/mol. The molecule has 1 unspecified atom stereocenters. The molecule has 4 amide bonds. The lowest BCUT2D eigenvalue weighted by Crippen LogP contribution is -2.52. The fraction of sp³-hybridized carbons (Fsp3) is 0.583. The summed E-state index contributed by atoms with van der Waals surface area (Å²) >= 11 is 0. The Labute approximate surface area is 193 Å². The van der Waals surface area contributed by atoms with Crippen molar-refractivity contribution in [1.82, 2.24) is 15.1 Å². The standard InChI is InChI=1S/C24H32N4O5/c1-24(2,3)33-23(32)27-10-8-15(9-11-27)13-25-17-4-5-18-16(12-17)14-28(22(18)31)19-6-7-20(29)26-21(19)30/h4-5,12,15,19,25H,6-11,13-14H2,1-3H3,(H,26,29,30). The average Bonchev–Trinajstić information content (AvgIpc) is 3.07. The molecule has 3 heterocycles. The van der Waals surface area contributed by atoms with Gasteiger partial charge in [0.15, 0.2) is 0 Å². The van der Waals surface area contributed by atoms with E-state index in [-0.39, 0.29) is 24.3 Å². The van der Waals surface area contributed by atoms with E-state index < -0.39 is 17.6 Å². The van der Waals surface area contributed by atoms with E-state index in [1.54, 1.807) is 15.9 Å².